The summed E-state index contributed by atoms with van der Waals surface area (Å²) in [6.07, 6.45) is -9.77. The number of halogens is 6. The van der Waals surface area contributed by atoms with Gasteiger partial charge in [-0.25, -0.2) is 8.42 Å². The number of sulfone groups is 1. The number of carboxylic acids is 1. The van der Waals surface area contributed by atoms with Crippen molar-refractivity contribution < 1.29 is 59.0 Å². The molecule has 3 aromatic rings. The fourth-order valence-corrected chi connectivity index (χ4v) is 7.64. The van der Waals surface area contributed by atoms with Crippen molar-refractivity contribution in [3.8, 4) is 11.1 Å². The second-order valence-corrected chi connectivity index (χ2v) is 13.7. The molecule has 48 heavy (non-hydrogen) atoms. The number of carbonyl (C=O) groups is 4. The standard InChI is InChI=1S/C24H26N4O5S3.C4F6O2/c1-13-10-15(28-21(29)9-8-18(25)23(30)31)6-7-17(13)14-4-3-5-16(11-14)36(32,33)20-12-19(22(26)27)35-24(20)34-2;5-3(6,7)1(11)2(12)4(8,9)10/h3-7,10-12,18H,8-9,25H2,1-2H3,(H3,26,27)(H,28,29)(H,30,31);. The van der Waals surface area contributed by atoms with Crippen LogP contribution in [0.5, 0.6) is 0 Å². The SMILES string of the molecule is CSc1sc(C(=N)N)cc1S(=O)(=O)c1cccc(-c2ccc(NC(=O)CCC(N)C(=O)O)cc2C)c1.O=C(C(=O)C(F)(F)F)C(F)(F)F. The first-order chi connectivity index (χ1) is 22.0. The van der Waals surface area contributed by atoms with Crippen molar-refractivity contribution in [3.63, 3.8) is 0 Å². The highest BCUT2D eigenvalue weighted by atomic mass is 32.2. The number of aliphatic carboxylic acids is 1. The zero-order valence-electron chi connectivity index (χ0n) is 24.7. The van der Waals surface area contributed by atoms with E-state index in [-0.39, 0.29) is 34.4 Å². The Labute approximate surface area is 277 Å². The van der Waals surface area contributed by atoms with Crippen molar-refractivity contribution in [1.29, 1.82) is 5.41 Å². The van der Waals surface area contributed by atoms with Gasteiger partial charge in [0.05, 0.1) is 18.9 Å². The van der Waals surface area contributed by atoms with Crippen molar-refractivity contribution in [2.75, 3.05) is 11.6 Å². The second-order valence-electron chi connectivity index (χ2n) is 9.63. The van der Waals surface area contributed by atoms with Crippen molar-refractivity contribution in [2.45, 2.75) is 52.2 Å². The average molecular weight is 741 g/mol. The van der Waals surface area contributed by atoms with Gasteiger partial charge in [0.1, 0.15) is 11.9 Å². The maximum Gasteiger partial charge on any atom is 0.458 e. The molecule has 7 N–H and O–H groups in total. The number of benzene rings is 2. The molecule has 3 rings (SSSR count). The lowest BCUT2D eigenvalue weighted by molar-refractivity contribution is -0.193. The Bertz CT molecular complexity index is 1820. The van der Waals surface area contributed by atoms with Crippen LogP contribution in [0.2, 0.25) is 0 Å². The number of hydrogen-bond donors (Lipinski definition) is 5. The summed E-state index contributed by atoms with van der Waals surface area (Å²) in [6, 6.07) is 12.2. The number of alkyl halides is 6. The average Bonchev–Trinajstić information content (AvgIpc) is 3.45. The molecule has 2 aromatic carbocycles. The summed E-state index contributed by atoms with van der Waals surface area (Å²) < 4.78 is 94.4. The van der Waals surface area contributed by atoms with E-state index in [4.69, 9.17) is 22.0 Å². The van der Waals surface area contributed by atoms with E-state index in [2.05, 4.69) is 5.32 Å². The molecule has 0 aliphatic carbocycles. The molecule has 20 heteroatoms. The predicted molar refractivity (Wildman–Crippen MR) is 165 cm³/mol. The lowest BCUT2D eigenvalue weighted by Crippen LogP contribution is -2.39. The highest BCUT2D eigenvalue weighted by Crippen LogP contribution is 2.38. The molecule has 0 spiro atoms. The maximum absolute atomic E-state index is 13.4. The highest BCUT2D eigenvalue weighted by Gasteiger charge is 2.54. The van der Waals surface area contributed by atoms with Crippen LogP contribution in [0.1, 0.15) is 23.3 Å². The van der Waals surface area contributed by atoms with E-state index in [9.17, 15) is 53.9 Å². The maximum atomic E-state index is 13.4. The molecule has 1 amide bonds. The largest absolute Gasteiger partial charge is 0.480 e. The van der Waals surface area contributed by atoms with Crippen LogP contribution in [0.15, 0.2) is 62.5 Å². The van der Waals surface area contributed by atoms with Gasteiger partial charge in [0, 0.05) is 12.1 Å². The molecule has 1 aromatic heterocycles. The number of ketones is 2. The Morgan fingerprint density at radius 3 is 2.06 bits per heavy atom. The number of amidine groups is 1. The third-order valence-electron chi connectivity index (χ3n) is 6.09. The van der Waals surface area contributed by atoms with Crippen LogP contribution in [0, 0.1) is 12.3 Å². The zero-order valence-corrected chi connectivity index (χ0v) is 27.1. The number of thioether (sulfide) groups is 1. The summed E-state index contributed by atoms with van der Waals surface area (Å²) in [6.45, 7) is 1.84. The number of thiophene rings is 1. The topological polar surface area (TPSA) is 211 Å². The molecule has 0 aliphatic heterocycles. The molecular formula is C28H26F6N4O7S3. The smallest absolute Gasteiger partial charge is 0.458 e. The molecule has 260 valence electrons. The Balaban J connectivity index is 0.000000567. The van der Waals surface area contributed by atoms with Gasteiger partial charge in [-0.2, -0.15) is 26.3 Å². The number of anilines is 1. The van der Waals surface area contributed by atoms with Gasteiger partial charge in [-0.3, -0.25) is 24.6 Å². The number of aryl methyl sites for hydroxylation is 1. The lowest BCUT2D eigenvalue weighted by atomic mass is 10.00. The molecule has 0 fully saturated rings. The fourth-order valence-electron chi connectivity index (χ4n) is 3.73. The van der Waals surface area contributed by atoms with Crippen molar-refractivity contribution in [3.05, 3.63) is 59.0 Å². The van der Waals surface area contributed by atoms with Crippen molar-refractivity contribution in [2.24, 2.45) is 11.5 Å². The summed E-state index contributed by atoms with van der Waals surface area (Å²) in [5.74, 6) is -8.50. The Morgan fingerprint density at radius 2 is 1.58 bits per heavy atom. The van der Waals surface area contributed by atoms with Crippen molar-refractivity contribution >= 4 is 67.9 Å². The summed E-state index contributed by atoms with van der Waals surface area (Å²) in [7, 11) is -3.85. The van der Waals surface area contributed by atoms with Crippen molar-refractivity contribution in [1.82, 2.24) is 0 Å². The number of amides is 1. The van der Waals surface area contributed by atoms with Crippen LogP contribution in [-0.4, -0.2) is 67.5 Å². The molecule has 11 nitrogen and oxygen atoms in total. The van der Waals surface area contributed by atoms with E-state index in [1.807, 2.05) is 6.92 Å². The van der Waals surface area contributed by atoms with E-state index < -0.39 is 45.8 Å². The molecule has 1 heterocycles. The highest BCUT2D eigenvalue weighted by molar-refractivity contribution is 8.01. The summed E-state index contributed by atoms with van der Waals surface area (Å²) in [4.78, 5) is 42.8. The minimum absolute atomic E-state index is 0.0236. The van der Waals surface area contributed by atoms with E-state index in [0.29, 0.717) is 20.3 Å². The minimum atomic E-state index is -5.77. The van der Waals surface area contributed by atoms with E-state index in [0.717, 1.165) is 11.1 Å². The molecule has 1 unspecified atom stereocenters. The van der Waals surface area contributed by atoms with Crippen LogP contribution >= 0.6 is 23.1 Å². The van der Waals surface area contributed by atoms with Crippen LogP contribution in [0.25, 0.3) is 11.1 Å². The molecule has 0 radical (unpaired) electrons. The normalized spacial score (nSPS) is 12.4. The first-order valence-corrected chi connectivity index (χ1v) is 16.5. The van der Waals surface area contributed by atoms with Crippen LogP contribution in [0.4, 0.5) is 32.0 Å². The van der Waals surface area contributed by atoms with Crippen LogP contribution in [0.3, 0.4) is 0 Å². The second kappa shape index (κ2) is 15.8. The molecule has 0 saturated carbocycles. The van der Waals surface area contributed by atoms with Gasteiger partial charge in [-0.05, 0) is 66.6 Å². The molecule has 0 bridgehead atoms. The van der Waals surface area contributed by atoms with Gasteiger partial charge in [-0.15, -0.1) is 23.1 Å². The number of nitrogen functional groups attached to an aromatic ring is 1. The van der Waals surface area contributed by atoms with E-state index in [1.165, 1.54) is 35.2 Å². The van der Waals surface area contributed by atoms with E-state index >= 15 is 0 Å². The zero-order chi connectivity index (χ0) is 36.8. The summed E-state index contributed by atoms with van der Waals surface area (Å²) >= 11 is 2.46. The van der Waals surface area contributed by atoms with Crippen LogP contribution < -0.4 is 16.8 Å². The number of nitrogens with two attached hydrogens (primary N) is 2. The molecule has 0 aliphatic rings. The first kappa shape index (κ1) is 39.9. The number of carboxylic acid groups (broad SMARTS) is 1. The molecular weight excluding hydrogens is 715 g/mol. The number of nitrogens with one attached hydrogen (secondary N) is 2. The number of carbonyl (C=O) groups excluding carboxylic acids is 3. The van der Waals surface area contributed by atoms with Gasteiger partial charge in [0.25, 0.3) is 0 Å². The third kappa shape index (κ3) is 10.4. The predicted octanol–water partition coefficient (Wildman–Crippen LogP) is 4.94. The summed E-state index contributed by atoms with van der Waals surface area (Å²) in [5.41, 5.74) is 13.8. The quantitative estimate of drug-likeness (QED) is 0.0588. The molecule has 0 saturated heterocycles. The van der Waals surface area contributed by atoms with Gasteiger partial charge >= 0.3 is 29.9 Å². The number of rotatable bonds is 11. The number of hydrogen-bond acceptors (Lipinski definition) is 10. The van der Waals surface area contributed by atoms with Gasteiger partial charge in [-0.1, -0.05) is 18.2 Å². The fraction of sp³-hybridized carbons (Fsp3) is 0.250. The lowest BCUT2D eigenvalue weighted by Gasteiger charge is -2.12. The van der Waals surface area contributed by atoms with Gasteiger partial charge < -0.3 is 21.9 Å². The minimum Gasteiger partial charge on any atom is -0.480 e. The Kier molecular flexibility index (Phi) is 13.1. The Hall–Kier alpha value is -4.27. The monoisotopic (exact) mass is 740 g/mol. The van der Waals surface area contributed by atoms with Gasteiger partial charge in [0.2, 0.25) is 15.7 Å². The Morgan fingerprint density at radius 1 is 1.00 bits per heavy atom. The molecule has 1 atom stereocenters. The summed E-state index contributed by atoms with van der Waals surface area (Å²) in [5, 5.41) is 19.2. The third-order valence-corrected chi connectivity index (χ3v) is 10.4. The van der Waals surface area contributed by atoms with E-state index in [1.54, 1.807) is 42.7 Å². The van der Waals surface area contributed by atoms with Crippen LogP contribution in [-0.2, 0) is 29.0 Å². The van der Waals surface area contributed by atoms with Gasteiger partial charge in [0.15, 0.2) is 0 Å². The first-order valence-electron chi connectivity index (χ1n) is 13.0. The number of Topliss-reactive ketones (excluding diaryl/α,β-unsaturated/α-hetero) is 2.